The number of ether oxygens (including phenoxy) is 1. The van der Waals surface area contributed by atoms with Gasteiger partial charge in [0.25, 0.3) is 0 Å². The van der Waals surface area contributed by atoms with E-state index in [1.54, 1.807) is 12.4 Å². The predicted octanol–water partition coefficient (Wildman–Crippen LogP) is 4.88. The molecular weight excluding hydrogens is 424 g/mol. The third-order valence-corrected chi connectivity index (χ3v) is 6.15. The SMILES string of the molecule is Cc1c(Nc2c(C#N)cncc2C=Cc2ccc(CN3CCOCC3)cn2)ccc2[nH]ccc12. The van der Waals surface area contributed by atoms with E-state index in [9.17, 15) is 5.26 Å². The second-order valence-corrected chi connectivity index (χ2v) is 8.38. The molecule has 0 unspecified atom stereocenters. The van der Waals surface area contributed by atoms with E-state index in [2.05, 4.69) is 50.3 Å². The fourth-order valence-electron chi connectivity index (χ4n) is 4.20. The highest BCUT2D eigenvalue weighted by molar-refractivity contribution is 5.90. The lowest BCUT2D eigenvalue weighted by molar-refractivity contribution is 0.0341. The molecule has 4 heterocycles. The van der Waals surface area contributed by atoms with Crippen molar-refractivity contribution in [3.8, 4) is 6.07 Å². The minimum atomic E-state index is 0.490. The largest absolute Gasteiger partial charge is 0.379 e. The number of nitriles is 1. The van der Waals surface area contributed by atoms with E-state index >= 15 is 0 Å². The van der Waals surface area contributed by atoms with Gasteiger partial charge in [-0.2, -0.15) is 5.26 Å². The van der Waals surface area contributed by atoms with Crippen molar-refractivity contribution in [3.05, 3.63) is 83.1 Å². The van der Waals surface area contributed by atoms with Gasteiger partial charge in [-0.3, -0.25) is 14.9 Å². The molecule has 5 rings (SSSR count). The molecule has 1 aliphatic heterocycles. The molecule has 2 N–H and O–H groups in total. The smallest absolute Gasteiger partial charge is 0.103 e. The molecule has 1 fully saturated rings. The van der Waals surface area contributed by atoms with Crippen LogP contribution in [0.15, 0.2) is 55.1 Å². The maximum absolute atomic E-state index is 9.70. The molecule has 7 heteroatoms. The number of hydrogen-bond donors (Lipinski definition) is 2. The van der Waals surface area contributed by atoms with Gasteiger partial charge in [-0.1, -0.05) is 6.07 Å². The number of anilines is 2. The quantitative estimate of drug-likeness (QED) is 0.435. The number of morpholine rings is 1. The van der Waals surface area contributed by atoms with Crippen LogP contribution in [-0.2, 0) is 11.3 Å². The van der Waals surface area contributed by atoms with Gasteiger partial charge in [-0.15, -0.1) is 0 Å². The maximum Gasteiger partial charge on any atom is 0.103 e. The monoisotopic (exact) mass is 450 g/mol. The second-order valence-electron chi connectivity index (χ2n) is 8.38. The molecule has 0 aliphatic carbocycles. The van der Waals surface area contributed by atoms with Crippen LogP contribution in [0.25, 0.3) is 23.1 Å². The molecule has 7 nitrogen and oxygen atoms in total. The number of aromatic nitrogens is 3. The van der Waals surface area contributed by atoms with Gasteiger partial charge < -0.3 is 15.0 Å². The molecule has 1 aliphatic rings. The van der Waals surface area contributed by atoms with Crippen molar-refractivity contribution in [2.45, 2.75) is 13.5 Å². The third kappa shape index (κ3) is 4.69. The van der Waals surface area contributed by atoms with E-state index in [1.807, 2.05) is 42.7 Å². The maximum atomic E-state index is 9.70. The second kappa shape index (κ2) is 9.87. The molecule has 3 aromatic heterocycles. The topological polar surface area (TPSA) is 89.9 Å². The van der Waals surface area contributed by atoms with Gasteiger partial charge in [-0.25, -0.2) is 0 Å². The average Bonchev–Trinajstić information content (AvgIpc) is 3.36. The van der Waals surface area contributed by atoms with Crippen LogP contribution in [0.5, 0.6) is 0 Å². The zero-order valence-electron chi connectivity index (χ0n) is 19.1. The van der Waals surface area contributed by atoms with E-state index in [0.717, 1.165) is 71.9 Å². The summed E-state index contributed by atoms with van der Waals surface area (Å²) in [6.45, 7) is 6.45. The van der Waals surface area contributed by atoms with Crippen LogP contribution in [0, 0.1) is 18.3 Å². The third-order valence-electron chi connectivity index (χ3n) is 6.15. The molecule has 0 bridgehead atoms. The Morgan fingerprint density at radius 1 is 1.12 bits per heavy atom. The van der Waals surface area contributed by atoms with Crippen LogP contribution in [0.4, 0.5) is 11.4 Å². The van der Waals surface area contributed by atoms with E-state index in [-0.39, 0.29) is 0 Å². The summed E-state index contributed by atoms with van der Waals surface area (Å²) in [5, 5.41) is 14.3. The first-order valence-corrected chi connectivity index (χ1v) is 11.4. The summed E-state index contributed by atoms with van der Waals surface area (Å²) in [7, 11) is 0. The summed E-state index contributed by atoms with van der Waals surface area (Å²) in [6, 6.07) is 12.5. The zero-order valence-corrected chi connectivity index (χ0v) is 19.1. The van der Waals surface area contributed by atoms with E-state index in [4.69, 9.17) is 4.74 Å². The van der Waals surface area contributed by atoms with E-state index < -0.39 is 0 Å². The van der Waals surface area contributed by atoms with Crippen molar-refractivity contribution >= 4 is 34.4 Å². The highest BCUT2D eigenvalue weighted by atomic mass is 16.5. The number of benzene rings is 1. The number of pyridine rings is 2. The first kappa shape index (κ1) is 21.8. The number of aryl methyl sites for hydroxylation is 1. The molecule has 170 valence electrons. The standard InChI is InChI=1S/C27H26N6O/c1-19-24-8-9-30-26(24)7-6-25(19)32-27-21(16-29-17-22(27)14-28)3-5-23-4-2-20(15-31-23)18-33-10-12-34-13-11-33/h2-9,15-17,30H,10-13,18H2,1H3,(H,29,32). The molecular formula is C27H26N6O. The van der Waals surface area contributed by atoms with Gasteiger partial charge in [-0.05, 0) is 54.5 Å². The predicted molar refractivity (Wildman–Crippen MR) is 135 cm³/mol. The Balaban J connectivity index is 1.37. The Morgan fingerprint density at radius 2 is 2.00 bits per heavy atom. The Bertz CT molecular complexity index is 1360. The summed E-state index contributed by atoms with van der Waals surface area (Å²) < 4.78 is 5.42. The van der Waals surface area contributed by atoms with Crippen LogP contribution < -0.4 is 5.32 Å². The summed E-state index contributed by atoms with van der Waals surface area (Å²) in [6.07, 6.45) is 11.1. The van der Waals surface area contributed by atoms with Crippen LogP contribution in [0.1, 0.15) is 27.9 Å². The first-order valence-electron chi connectivity index (χ1n) is 11.4. The van der Waals surface area contributed by atoms with Crippen LogP contribution >= 0.6 is 0 Å². The van der Waals surface area contributed by atoms with Crippen molar-refractivity contribution in [3.63, 3.8) is 0 Å². The lowest BCUT2D eigenvalue weighted by Gasteiger charge is -2.26. The van der Waals surface area contributed by atoms with E-state index in [1.165, 1.54) is 5.56 Å². The molecule has 0 radical (unpaired) electrons. The number of aromatic amines is 1. The van der Waals surface area contributed by atoms with Gasteiger partial charge in [0.15, 0.2) is 0 Å². The number of fused-ring (bicyclic) bond motifs is 1. The average molecular weight is 451 g/mol. The lowest BCUT2D eigenvalue weighted by Crippen LogP contribution is -2.35. The summed E-state index contributed by atoms with van der Waals surface area (Å²) in [5.41, 5.74) is 7.24. The highest BCUT2D eigenvalue weighted by Crippen LogP contribution is 2.31. The Labute approximate surface area is 198 Å². The Hall–Kier alpha value is -3.99. The summed E-state index contributed by atoms with van der Waals surface area (Å²) >= 11 is 0. The molecule has 0 saturated carbocycles. The zero-order chi connectivity index (χ0) is 23.3. The molecule has 4 aromatic rings. The van der Waals surface area contributed by atoms with Gasteiger partial charge in [0, 0.05) is 66.6 Å². The molecule has 0 amide bonds. The Morgan fingerprint density at radius 3 is 2.79 bits per heavy atom. The van der Waals surface area contributed by atoms with Gasteiger partial charge in [0.05, 0.1) is 30.2 Å². The van der Waals surface area contributed by atoms with Gasteiger partial charge >= 0.3 is 0 Å². The number of hydrogen-bond acceptors (Lipinski definition) is 6. The first-order chi connectivity index (χ1) is 16.7. The highest BCUT2D eigenvalue weighted by Gasteiger charge is 2.12. The molecule has 1 saturated heterocycles. The van der Waals surface area contributed by atoms with Crippen molar-refractivity contribution in [2.75, 3.05) is 31.6 Å². The minimum Gasteiger partial charge on any atom is -0.379 e. The van der Waals surface area contributed by atoms with Crippen molar-refractivity contribution in [1.82, 2.24) is 19.9 Å². The lowest BCUT2D eigenvalue weighted by atomic mass is 10.1. The summed E-state index contributed by atoms with van der Waals surface area (Å²) in [5.74, 6) is 0. The number of rotatable bonds is 6. The van der Waals surface area contributed by atoms with Crippen LogP contribution in [0.2, 0.25) is 0 Å². The fraction of sp³-hybridized carbons (Fsp3) is 0.222. The minimum absolute atomic E-state index is 0.490. The molecule has 0 atom stereocenters. The van der Waals surface area contributed by atoms with Gasteiger partial charge in [0.1, 0.15) is 6.07 Å². The summed E-state index contributed by atoms with van der Waals surface area (Å²) in [4.78, 5) is 14.5. The normalized spacial score (nSPS) is 14.5. The van der Waals surface area contributed by atoms with E-state index in [0.29, 0.717) is 5.56 Å². The number of nitrogens with one attached hydrogen (secondary N) is 2. The molecule has 1 aromatic carbocycles. The molecule has 34 heavy (non-hydrogen) atoms. The Kier molecular flexibility index (Phi) is 6.34. The van der Waals surface area contributed by atoms with Crippen molar-refractivity contribution < 1.29 is 4.74 Å². The van der Waals surface area contributed by atoms with Gasteiger partial charge in [0.2, 0.25) is 0 Å². The van der Waals surface area contributed by atoms with Crippen LogP contribution in [-0.4, -0.2) is 46.2 Å². The number of nitrogens with zero attached hydrogens (tertiary/aromatic N) is 4. The fourth-order valence-corrected chi connectivity index (χ4v) is 4.20. The molecule has 0 spiro atoms. The van der Waals surface area contributed by atoms with Crippen LogP contribution in [0.3, 0.4) is 0 Å². The number of H-pyrrole nitrogens is 1. The van der Waals surface area contributed by atoms with Crippen molar-refractivity contribution in [2.24, 2.45) is 0 Å². The van der Waals surface area contributed by atoms with Crippen molar-refractivity contribution in [1.29, 1.82) is 5.26 Å².